The van der Waals surface area contributed by atoms with Gasteiger partial charge in [0, 0.05) is 32.7 Å². The Kier molecular flexibility index (Phi) is 13.8. The van der Waals surface area contributed by atoms with Crippen molar-refractivity contribution in [2.75, 3.05) is 31.5 Å². The number of esters is 1. The summed E-state index contributed by atoms with van der Waals surface area (Å²) in [6, 6.07) is 38.0. The second-order valence-corrected chi connectivity index (χ2v) is 14.8. The van der Waals surface area contributed by atoms with Crippen LogP contribution in [0.1, 0.15) is 49.6 Å². The van der Waals surface area contributed by atoms with Crippen LogP contribution in [-0.2, 0) is 14.3 Å². The number of rotatable bonds is 15. The molecule has 0 fully saturated rings. The molecule has 294 valence electrons. The number of aryl methyl sites for hydroxylation is 1. The molecule has 0 radical (unpaired) electrons. The average molecular weight is 812 g/mol. The van der Waals surface area contributed by atoms with Crippen molar-refractivity contribution in [3.63, 3.8) is 0 Å². The molecule has 6 aromatic rings. The van der Waals surface area contributed by atoms with E-state index >= 15 is 0 Å². The molecule has 58 heavy (non-hydrogen) atoms. The van der Waals surface area contributed by atoms with E-state index in [0.29, 0.717) is 49.3 Å². The Morgan fingerprint density at radius 2 is 1.50 bits per heavy atom. The highest BCUT2D eigenvalue weighted by Crippen LogP contribution is 2.41. The monoisotopic (exact) mass is 811 g/mol. The zero-order valence-corrected chi connectivity index (χ0v) is 33.9. The van der Waals surface area contributed by atoms with Gasteiger partial charge < -0.3 is 30.2 Å². The summed E-state index contributed by atoms with van der Waals surface area (Å²) in [6.45, 7) is 3.90. The molecule has 1 aromatic heterocycles. The molecule has 0 aliphatic carbocycles. The summed E-state index contributed by atoms with van der Waals surface area (Å²) >= 11 is 2.53. The highest BCUT2D eigenvalue weighted by Gasteiger charge is 2.28. The quantitative estimate of drug-likeness (QED) is 0.0531. The highest BCUT2D eigenvalue weighted by molar-refractivity contribution is 8.00. The molecule has 1 unspecified atom stereocenters. The number of carbonyl (C=O) groups is 4. The van der Waals surface area contributed by atoms with E-state index in [9.17, 15) is 19.2 Å². The first-order valence-electron chi connectivity index (χ1n) is 18.3. The van der Waals surface area contributed by atoms with Crippen molar-refractivity contribution in [2.45, 2.75) is 24.0 Å². The number of hydrogen-bond acceptors (Lipinski definition) is 9. The van der Waals surface area contributed by atoms with E-state index < -0.39 is 23.0 Å². The van der Waals surface area contributed by atoms with Crippen molar-refractivity contribution < 1.29 is 33.4 Å². The summed E-state index contributed by atoms with van der Waals surface area (Å²) in [4.78, 5) is 55.6. The molecule has 5 aromatic carbocycles. The molecule has 10 nitrogen and oxygen atoms in total. The van der Waals surface area contributed by atoms with Gasteiger partial charge in [0.15, 0.2) is 11.5 Å². The van der Waals surface area contributed by atoms with Crippen LogP contribution < -0.4 is 25.4 Å². The minimum Gasteiger partial charge on any atom is -0.493 e. The van der Waals surface area contributed by atoms with Gasteiger partial charge in [-0.15, -0.1) is 23.1 Å². The van der Waals surface area contributed by atoms with Gasteiger partial charge in [0.25, 0.3) is 11.8 Å². The van der Waals surface area contributed by atoms with Crippen LogP contribution in [0.5, 0.6) is 11.5 Å². The van der Waals surface area contributed by atoms with Crippen molar-refractivity contribution in [1.29, 1.82) is 0 Å². The van der Waals surface area contributed by atoms with Crippen LogP contribution in [-0.4, -0.2) is 44.5 Å². The van der Waals surface area contributed by atoms with E-state index in [2.05, 4.69) is 16.0 Å². The van der Waals surface area contributed by atoms with Crippen LogP contribution in [0.4, 0.5) is 10.7 Å². The van der Waals surface area contributed by atoms with Crippen LogP contribution in [0.25, 0.3) is 17.2 Å². The number of nitrogens with one attached hydrogen (secondary N) is 3. The van der Waals surface area contributed by atoms with Gasteiger partial charge in [-0.05, 0) is 67.4 Å². The van der Waals surface area contributed by atoms with Crippen LogP contribution in [0.3, 0.4) is 0 Å². The molecule has 3 amide bonds. The standard InChI is InChI=1S/C46H41N3O7S2/c1-5-56-46(53)39-36(30-24-22-29(2)23-25-30)28-57-45(39)49-44(52)41(31-14-8-6-9-15-31)58-35-20-13-19-34(27-35)47-43(51)37(48-42(50)32-16-10-7-11-17-32)26-33-18-12-21-38(54-3)40(33)55-4/h6-28,41H,5H2,1-4H3,(H,47,51)(H,48,50)(H,49,52)/b37-26+. The van der Waals surface area contributed by atoms with Gasteiger partial charge in [-0.25, -0.2) is 4.79 Å². The van der Waals surface area contributed by atoms with Crippen molar-refractivity contribution in [3.8, 4) is 22.6 Å². The topological polar surface area (TPSA) is 132 Å². The van der Waals surface area contributed by atoms with Crippen molar-refractivity contribution >= 4 is 63.6 Å². The van der Waals surface area contributed by atoms with Crippen molar-refractivity contribution in [3.05, 3.63) is 166 Å². The molecule has 1 atom stereocenters. The lowest BCUT2D eigenvalue weighted by molar-refractivity contribution is -0.116. The number of hydrogen-bond donors (Lipinski definition) is 3. The van der Waals surface area contributed by atoms with Crippen LogP contribution >= 0.6 is 23.1 Å². The largest absolute Gasteiger partial charge is 0.493 e. The molecular formula is C46H41N3O7S2. The molecule has 0 bridgehead atoms. The van der Waals surface area contributed by atoms with Gasteiger partial charge in [0.1, 0.15) is 21.5 Å². The third kappa shape index (κ3) is 10.0. The number of ether oxygens (including phenoxy) is 3. The van der Waals surface area contributed by atoms with Gasteiger partial charge in [-0.3, -0.25) is 14.4 Å². The number of carbonyl (C=O) groups excluding carboxylic acids is 4. The summed E-state index contributed by atoms with van der Waals surface area (Å²) in [5, 5.41) is 10.2. The predicted octanol–water partition coefficient (Wildman–Crippen LogP) is 9.80. The van der Waals surface area contributed by atoms with Gasteiger partial charge >= 0.3 is 5.97 Å². The Balaban J connectivity index is 1.28. The first-order chi connectivity index (χ1) is 28.2. The maximum Gasteiger partial charge on any atom is 0.341 e. The predicted molar refractivity (Wildman–Crippen MR) is 231 cm³/mol. The SMILES string of the molecule is CCOC(=O)c1c(-c2ccc(C)cc2)csc1NC(=O)C(Sc1cccc(NC(=O)/C(=C\c2cccc(OC)c2OC)NC(=O)c2ccccc2)c1)c1ccccc1. The van der Waals surface area contributed by atoms with E-state index in [1.165, 1.54) is 43.4 Å². The number of anilines is 2. The number of thioether (sulfide) groups is 1. The maximum absolute atomic E-state index is 14.3. The van der Waals surface area contributed by atoms with Gasteiger partial charge in [0.05, 0.1) is 20.8 Å². The van der Waals surface area contributed by atoms with Crippen molar-refractivity contribution in [1.82, 2.24) is 5.32 Å². The van der Waals surface area contributed by atoms with E-state index in [-0.39, 0.29) is 18.2 Å². The fourth-order valence-electron chi connectivity index (χ4n) is 5.98. The summed E-state index contributed by atoms with van der Waals surface area (Å²) < 4.78 is 16.5. The van der Waals surface area contributed by atoms with E-state index in [1.54, 1.807) is 73.7 Å². The lowest BCUT2D eigenvalue weighted by Crippen LogP contribution is -2.30. The fraction of sp³-hybridized carbons (Fsp3) is 0.130. The summed E-state index contributed by atoms with van der Waals surface area (Å²) in [5.74, 6) is -1.11. The molecule has 0 aliphatic heterocycles. The van der Waals surface area contributed by atoms with Crippen molar-refractivity contribution in [2.24, 2.45) is 0 Å². The Morgan fingerprint density at radius 3 is 2.19 bits per heavy atom. The number of amides is 3. The summed E-state index contributed by atoms with van der Waals surface area (Å²) in [6.07, 6.45) is 1.52. The second-order valence-electron chi connectivity index (χ2n) is 12.8. The molecule has 1 heterocycles. The third-order valence-corrected chi connectivity index (χ3v) is 11.0. The Labute approximate surface area is 345 Å². The van der Waals surface area contributed by atoms with E-state index in [4.69, 9.17) is 14.2 Å². The average Bonchev–Trinajstić information content (AvgIpc) is 3.66. The Bertz CT molecular complexity index is 2430. The Morgan fingerprint density at radius 1 is 0.793 bits per heavy atom. The summed E-state index contributed by atoms with van der Waals surface area (Å²) in [7, 11) is 3.00. The van der Waals surface area contributed by atoms with E-state index in [1.807, 2.05) is 73.0 Å². The molecular weight excluding hydrogens is 771 g/mol. The smallest absolute Gasteiger partial charge is 0.341 e. The molecule has 0 spiro atoms. The molecule has 0 saturated heterocycles. The lowest BCUT2D eigenvalue weighted by atomic mass is 10.0. The molecule has 12 heteroatoms. The third-order valence-electron chi connectivity index (χ3n) is 8.82. The Hall–Kier alpha value is -6.63. The normalized spacial score (nSPS) is 11.6. The van der Waals surface area contributed by atoms with Crippen LogP contribution in [0, 0.1) is 6.92 Å². The summed E-state index contributed by atoms with van der Waals surface area (Å²) in [5.41, 5.74) is 4.85. The first kappa shape index (κ1) is 41.0. The van der Waals surface area contributed by atoms with E-state index in [0.717, 1.165) is 16.7 Å². The first-order valence-corrected chi connectivity index (χ1v) is 20.0. The molecule has 3 N–H and O–H groups in total. The van der Waals surface area contributed by atoms with Gasteiger partial charge in [-0.2, -0.15) is 0 Å². The minimum absolute atomic E-state index is 0.0432. The fourth-order valence-corrected chi connectivity index (χ4v) is 8.03. The highest BCUT2D eigenvalue weighted by atomic mass is 32.2. The number of para-hydroxylation sites is 1. The van der Waals surface area contributed by atoms with Crippen LogP contribution in [0.15, 0.2) is 143 Å². The molecule has 0 saturated carbocycles. The van der Waals surface area contributed by atoms with Gasteiger partial charge in [-0.1, -0.05) is 96.6 Å². The minimum atomic E-state index is -0.756. The van der Waals surface area contributed by atoms with Gasteiger partial charge in [0.2, 0.25) is 5.91 Å². The number of thiophene rings is 1. The number of benzene rings is 5. The molecule has 0 aliphatic rings. The lowest BCUT2D eigenvalue weighted by Gasteiger charge is -2.18. The zero-order chi connectivity index (χ0) is 41.0. The van der Waals surface area contributed by atoms with Crippen LogP contribution in [0.2, 0.25) is 0 Å². The second kappa shape index (κ2) is 19.5. The maximum atomic E-state index is 14.3. The zero-order valence-electron chi connectivity index (χ0n) is 32.2. The molecule has 6 rings (SSSR count). The number of methoxy groups -OCH3 is 2.